The molecule has 74 valence electrons. The number of sulfonamides is 1. The molecule has 0 aliphatic heterocycles. The van der Waals surface area contributed by atoms with E-state index < -0.39 is 10.0 Å². The van der Waals surface area contributed by atoms with Crippen molar-refractivity contribution < 1.29 is 17.9 Å². The van der Waals surface area contributed by atoms with Gasteiger partial charge in [-0.25, -0.2) is 4.79 Å². The summed E-state index contributed by atoms with van der Waals surface area (Å²) in [4.78, 5) is 9.75. The molecule has 0 aromatic heterocycles. The number of rotatable bonds is 3. The lowest BCUT2D eigenvalue weighted by Crippen LogP contribution is -1.96. The van der Waals surface area contributed by atoms with Crippen LogP contribution in [0.1, 0.15) is 0 Å². The fourth-order valence-electron chi connectivity index (χ4n) is 0.863. The van der Waals surface area contributed by atoms with E-state index in [2.05, 4.69) is 4.40 Å². The molecule has 5 nitrogen and oxygen atoms in total. The van der Waals surface area contributed by atoms with Gasteiger partial charge in [0, 0.05) is 6.07 Å². The standard InChI is InChI=1S/C8H7NO4S/c1-13-7-3-2-4-8(5-7)14(11,12)9-6-10/h2-5H,1H3. The molecule has 0 heterocycles. The molecule has 6 heteroatoms. The van der Waals surface area contributed by atoms with Gasteiger partial charge in [0.05, 0.1) is 12.0 Å². The molecule has 0 saturated heterocycles. The normalized spacial score (nSPS) is 10.4. The Bertz CT molecular complexity index is 474. The molecule has 0 N–H and O–H groups in total. The lowest BCUT2D eigenvalue weighted by Gasteiger charge is -2.00. The summed E-state index contributed by atoms with van der Waals surface area (Å²) >= 11 is 0. The maximum atomic E-state index is 11.2. The average molecular weight is 213 g/mol. The van der Waals surface area contributed by atoms with E-state index in [4.69, 9.17) is 4.74 Å². The number of hydrogen-bond donors (Lipinski definition) is 0. The van der Waals surface area contributed by atoms with E-state index >= 15 is 0 Å². The van der Waals surface area contributed by atoms with E-state index in [9.17, 15) is 13.2 Å². The molecular formula is C8H7NO4S. The third kappa shape index (κ3) is 2.18. The Kier molecular flexibility index (Phi) is 3.01. The Morgan fingerprint density at radius 3 is 2.71 bits per heavy atom. The van der Waals surface area contributed by atoms with E-state index in [1.807, 2.05) is 0 Å². The van der Waals surface area contributed by atoms with Crippen LogP contribution in [0.5, 0.6) is 5.75 Å². The highest BCUT2D eigenvalue weighted by atomic mass is 32.2. The quantitative estimate of drug-likeness (QED) is 0.547. The number of hydrogen-bond acceptors (Lipinski definition) is 4. The second kappa shape index (κ2) is 4.04. The minimum absolute atomic E-state index is 0.0970. The molecule has 1 aromatic carbocycles. The smallest absolute Gasteiger partial charge is 0.292 e. The number of isocyanates is 1. The van der Waals surface area contributed by atoms with Gasteiger partial charge in [0.2, 0.25) is 0 Å². The molecule has 0 spiro atoms. The minimum Gasteiger partial charge on any atom is -0.497 e. The number of carbonyl (C=O) groups excluding carboxylic acids is 1. The molecular weight excluding hydrogens is 206 g/mol. The predicted octanol–water partition coefficient (Wildman–Crippen LogP) is 0.720. The lowest BCUT2D eigenvalue weighted by molar-refractivity contribution is 0.413. The van der Waals surface area contributed by atoms with Crippen molar-refractivity contribution in [2.24, 2.45) is 4.40 Å². The molecule has 1 aromatic rings. The van der Waals surface area contributed by atoms with Gasteiger partial charge in [-0.2, -0.15) is 8.42 Å². The highest BCUT2D eigenvalue weighted by Crippen LogP contribution is 2.18. The second-order valence-electron chi connectivity index (χ2n) is 2.34. The maximum Gasteiger partial charge on any atom is 0.292 e. The molecule has 0 saturated carbocycles. The summed E-state index contributed by atoms with van der Waals surface area (Å²) in [5, 5.41) is 0. The highest BCUT2D eigenvalue weighted by molar-refractivity contribution is 7.90. The lowest BCUT2D eigenvalue weighted by atomic mass is 10.3. The molecule has 0 unspecified atom stereocenters. The summed E-state index contributed by atoms with van der Waals surface area (Å²) in [6.45, 7) is 0. The number of methoxy groups -OCH3 is 1. The van der Waals surface area contributed by atoms with Crippen LogP contribution in [0.15, 0.2) is 33.6 Å². The van der Waals surface area contributed by atoms with Gasteiger partial charge in [-0.05, 0) is 12.1 Å². The third-order valence-electron chi connectivity index (χ3n) is 1.50. The third-order valence-corrected chi connectivity index (χ3v) is 2.66. The molecule has 14 heavy (non-hydrogen) atoms. The van der Waals surface area contributed by atoms with Crippen molar-refractivity contribution in [3.05, 3.63) is 24.3 Å². The number of benzene rings is 1. The van der Waals surface area contributed by atoms with Crippen molar-refractivity contribution in [1.82, 2.24) is 0 Å². The van der Waals surface area contributed by atoms with Crippen molar-refractivity contribution in [1.29, 1.82) is 0 Å². The monoisotopic (exact) mass is 213 g/mol. The van der Waals surface area contributed by atoms with Gasteiger partial charge in [0.15, 0.2) is 0 Å². The molecule has 0 amide bonds. The van der Waals surface area contributed by atoms with Crippen LogP contribution in [0, 0.1) is 0 Å². The van der Waals surface area contributed by atoms with Crippen LogP contribution in [-0.4, -0.2) is 21.6 Å². The fraction of sp³-hybridized carbons (Fsp3) is 0.125. The van der Waals surface area contributed by atoms with Gasteiger partial charge in [-0.3, -0.25) is 0 Å². The van der Waals surface area contributed by atoms with Crippen LogP contribution in [0.25, 0.3) is 0 Å². The summed E-state index contributed by atoms with van der Waals surface area (Å²) in [5.41, 5.74) is 0. The largest absolute Gasteiger partial charge is 0.497 e. The Hall–Kier alpha value is -1.65. The molecule has 0 bridgehead atoms. The van der Waals surface area contributed by atoms with E-state index in [1.165, 1.54) is 25.3 Å². The minimum atomic E-state index is -3.92. The van der Waals surface area contributed by atoms with Crippen molar-refractivity contribution in [3.8, 4) is 5.75 Å². The second-order valence-corrected chi connectivity index (χ2v) is 3.94. The van der Waals surface area contributed by atoms with Crippen LogP contribution in [0.4, 0.5) is 0 Å². The van der Waals surface area contributed by atoms with E-state index in [1.54, 1.807) is 6.07 Å². The van der Waals surface area contributed by atoms with Crippen molar-refractivity contribution in [2.75, 3.05) is 7.11 Å². The summed E-state index contributed by atoms with van der Waals surface area (Å²) in [5.74, 6) is 0.382. The molecule has 0 atom stereocenters. The van der Waals surface area contributed by atoms with Crippen LogP contribution in [0.3, 0.4) is 0 Å². The zero-order chi connectivity index (χ0) is 10.6. The van der Waals surface area contributed by atoms with Crippen LogP contribution in [0.2, 0.25) is 0 Å². The molecule has 0 aliphatic rings. The summed E-state index contributed by atoms with van der Waals surface area (Å²) < 4.78 is 30.0. The Labute approximate surface area is 81.1 Å². The zero-order valence-corrected chi connectivity index (χ0v) is 8.11. The van der Waals surface area contributed by atoms with E-state index in [0.29, 0.717) is 5.75 Å². The Morgan fingerprint density at radius 1 is 1.43 bits per heavy atom. The SMILES string of the molecule is COc1cccc(S(=O)(=O)N=C=O)c1. The first-order valence-corrected chi connectivity index (χ1v) is 5.02. The highest BCUT2D eigenvalue weighted by Gasteiger charge is 2.12. The topological polar surface area (TPSA) is 72.8 Å². The van der Waals surface area contributed by atoms with Gasteiger partial charge in [-0.1, -0.05) is 10.5 Å². The first-order valence-electron chi connectivity index (χ1n) is 3.58. The van der Waals surface area contributed by atoms with Crippen molar-refractivity contribution >= 4 is 16.1 Å². The first kappa shape index (κ1) is 10.4. The molecule has 0 aliphatic carbocycles. The van der Waals surface area contributed by atoms with Gasteiger partial charge in [-0.15, -0.1) is 0 Å². The van der Waals surface area contributed by atoms with Gasteiger partial charge < -0.3 is 4.74 Å². The van der Waals surface area contributed by atoms with E-state index in [0.717, 1.165) is 6.08 Å². The number of nitrogens with zero attached hydrogens (tertiary/aromatic N) is 1. The van der Waals surface area contributed by atoms with E-state index in [-0.39, 0.29) is 4.90 Å². The molecule has 1 rings (SSSR count). The van der Waals surface area contributed by atoms with Crippen LogP contribution in [-0.2, 0) is 14.8 Å². The first-order chi connectivity index (χ1) is 6.60. The molecule has 0 radical (unpaired) electrons. The van der Waals surface area contributed by atoms with Crippen molar-refractivity contribution in [3.63, 3.8) is 0 Å². The Balaban J connectivity index is 3.26. The van der Waals surface area contributed by atoms with Crippen LogP contribution < -0.4 is 4.74 Å². The molecule has 0 fully saturated rings. The van der Waals surface area contributed by atoms with Crippen LogP contribution >= 0.6 is 0 Å². The Morgan fingerprint density at radius 2 is 2.14 bits per heavy atom. The predicted molar refractivity (Wildman–Crippen MR) is 48.3 cm³/mol. The average Bonchev–Trinajstić information content (AvgIpc) is 2.18. The van der Waals surface area contributed by atoms with Crippen molar-refractivity contribution in [2.45, 2.75) is 4.90 Å². The summed E-state index contributed by atoms with van der Waals surface area (Å²) in [6.07, 6.45) is 0.990. The van der Waals surface area contributed by atoms with Gasteiger partial charge in [0.1, 0.15) is 5.75 Å². The van der Waals surface area contributed by atoms with Gasteiger partial charge >= 0.3 is 0 Å². The summed E-state index contributed by atoms with van der Waals surface area (Å²) in [7, 11) is -2.51. The number of ether oxygens (including phenoxy) is 1. The van der Waals surface area contributed by atoms with Gasteiger partial charge in [0.25, 0.3) is 16.1 Å². The zero-order valence-electron chi connectivity index (χ0n) is 7.30. The maximum absolute atomic E-state index is 11.2. The summed E-state index contributed by atoms with van der Waals surface area (Å²) in [6, 6.07) is 5.67. The fourth-order valence-corrected chi connectivity index (χ4v) is 1.58.